The molecule has 0 aliphatic heterocycles. The van der Waals surface area contributed by atoms with E-state index in [1.165, 1.54) is 17.7 Å². The molecule has 1 fully saturated rings. The van der Waals surface area contributed by atoms with E-state index in [1.54, 1.807) is 0 Å². The first-order valence-electron chi connectivity index (χ1n) is 6.28. The van der Waals surface area contributed by atoms with E-state index in [4.69, 9.17) is 0 Å². The van der Waals surface area contributed by atoms with Crippen LogP contribution in [-0.4, -0.2) is 0 Å². The number of hydrogen-bond acceptors (Lipinski definition) is 0. The summed E-state index contributed by atoms with van der Waals surface area (Å²) >= 11 is 3.59. The Labute approximate surface area is 119 Å². The lowest BCUT2D eigenvalue weighted by atomic mass is 9.88. The molecule has 0 bridgehead atoms. The third-order valence-electron chi connectivity index (χ3n) is 3.85. The summed E-state index contributed by atoms with van der Waals surface area (Å²) in [5.41, 5.74) is 1.48. The van der Waals surface area contributed by atoms with Crippen molar-refractivity contribution < 1.29 is 8.78 Å². The molecule has 0 aromatic heterocycles. The minimum absolute atomic E-state index is 0.101. The molecular weight excluding hydrogens is 310 g/mol. The average molecular weight is 323 g/mol. The predicted molar refractivity (Wildman–Crippen MR) is 75.4 cm³/mol. The first kappa shape index (κ1) is 12.8. The fraction of sp³-hybridized carbons (Fsp3) is 0.250. The molecule has 0 amide bonds. The Morgan fingerprint density at radius 1 is 1.00 bits per heavy atom. The lowest BCUT2D eigenvalue weighted by Crippen LogP contribution is -2.15. The summed E-state index contributed by atoms with van der Waals surface area (Å²) in [5, 5.41) is 0. The highest BCUT2D eigenvalue weighted by molar-refractivity contribution is 9.09. The van der Waals surface area contributed by atoms with E-state index in [9.17, 15) is 8.78 Å². The van der Waals surface area contributed by atoms with Crippen molar-refractivity contribution in [2.24, 2.45) is 0 Å². The molecule has 3 rings (SSSR count). The Kier molecular flexibility index (Phi) is 3.17. The van der Waals surface area contributed by atoms with E-state index < -0.39 is 5.82 Å². The monoisotopic (exact) mass is 322 g/mol. The smallest absolute Gasteiger partial charge is 0.127 e. The molecule has 0 heterocycles. The van der Waals surface area contributed by atoms with Crippen molar-refractivity contribution in [2.75, 3.05) is 0 Å². The van der Waals surface area contributed by atoms with E-state index >= 15 is 0 Å². The lowest BCUT2D eigenvalue weighted by Gasteiger charge is -2.23. The lowest BCUT2D eigenvalue weighted by molar-refractivity contribution is 0.564. The minimum atomic E-state index is -0.398. The largest absolute Gasteiger partial charge is 0.207 e. The zero-order valence-corrected chi connectivity index (χ0v) is 11.8. The molecule has 1 aliphatic rings. The van der Waals surface area contributed by atoms with Crippen LogP contribution in [-0.2, 0) is 5.41 Å². The quantitative estimate of drug-likeness (QED) is 0.687. The summed E-state index contributed by atoms with van der Waals surface area (Å²) in [6, 6.07) is 13.7. The van der Waals surface area contributed by atoms with Gasteiger partial charge in [-0.15, -0.1) is 0 Å². The van der Waals surface area contributed by atoms with E-state index in [1.807, 2.05) is 18.2 Å². The van der Waals surface area contributed by atoms with Crippen LogP contribution in [0.1, 0.15) is 28.8 Å². The fourth-order valence-corrected chi connectivity index (χ4v) is 3.67. The van der Waals surface area contributed by atoms with E-state index in [0.717, 1.165) is 18.9 Å². The van der Waals surface area contributed by atoms with Crippen LogP contribution in [0, 0.1) is 11.6 Å². The molecule has 0 radical (unpaired) electrons. The topological polar surface area (TPSA) is 0 Å². The maximum atomic E-state index is 13.9. The minimum Gasteiger partial charge on any atom is -0.207 e. The Balaban J connectivity index is 2.00. The molecule has 1 atom stereocenters. The van der Waals surface area contributed by atoms with Gasteiger partial charge in [0.05, 0.1) is 4.83 Å². The van der Waals surface area contributed by atoms with Crippen molar-refractivity contribution in [3.05, 3.63) is 71.3 Å². The Morgan fingerprint density at radius 3 is 2.32 bits per heavy atom. The van der Waals surface area contributed by atoms with Crippen molar-refractivity contribution >= 4 is 15.9 Å². The summed E-state index contributed by atoms with van der Waals surface area (Å²) in [7, 11) is 0. The second-order valence-electron chi connectivity index (χ2n) is 5.05. The standard InChI is InChI=1S/C16H13BrF2/c17-15(13-10-12(18)6-7-14(13)19)16(8-9-16)11-4-2-1-3-5-11/h1-7,10,15H,8-9H2. The van der Waals surface area contributed by atoms with Crippen molar-refractivity contribution in [1.29, 1.82) is 0 Å². The SMILES string of the molecule is Fc1ccc(F)c(C(Br)C2(c3ccccc3)CC2)c1. The predicted octanol–water partition coefficient (Wildman–Crippen LogP) is 5.13. The molecule has 0 nitrogen and oxygen atoms in total. The highest BCUT2D eigenvalue weighted by Crippen LogP contribution is 2.60. The first-order valence-corrected chi connectivity index (χ1v) is 7.20. The number of halogens is 3. The van der Waals surface area contributed by atoms with Gasteiger partial charge in [0.2, 0.25) is 0 Å². The molecule has 0 spiro atoms. The molecule has 0 saturated heterocycles. The maximum absolute atomic E-state index is 13.9. The van der Waals surface area contributed by atoms with E-state index in [2.05, 4.69) is 28.1 Å². The summed E-state index contributed by atoms with van der Waals surface area (Å²) in [4.78, 5) is -0.196. The van der Waals surface area contributed by atoms with Gasteiger partial charge in [-0.2, -0.15) is 0 Å². The molecule has 0 N–H and O–H groups in total. The van der Waals surface area contributed by atoms with Crippen LogP contribution in [0.3, 0.4) is 0 Å². The molecule has 1 saturated carbocycles. The van der Waals surface area contributed by atoms with Crippen LogP contribution in [0.25, 0.3) is 0 Å². The second kappa shape index (κ2) is 4.71. The number of rotatable bonds is 3. The van der Waals surface area contributed by atoms with Crippen molar-refractivity contribution in [3.63, 3.8) is 0 Å². The molecule has 3 heteroatoms. The molecule has 2 aromatic carbocycles. The summed E-state index contributed by atoms with van der Waals surface area (Å²) in [6.07, 6.45) is 1.98. The Hall–Kier alpha value is -1.22. The fourth-order valence-electron chi connectivity index (χ4n) is 2.60. The van der Waals surface area contributed by atoms with Gasteiger partial charge in [0, 0.05) is 11.0 Å². The van der Waals surface area contributed by atoms with Crippen LogP contribution in [0.4, 0.5) is 8.78 Å². The molecular formula is C16H13BrF2. The third-order valence-corrected chi connectivity index (χ3v) is 5.22. The number of alkyl halides is 1. The van der Waals surface area contributed by atoms with Gasteiger partial charge in [0.25, 0.3) is 0 Å². The molecule has 2 aromatic rings. The molecule has 19 heavy (non-hydrogen) atoms. The zero-order valence-electron chi connectivity index (χ0n) is 10.2. The second-order valence-corrected chi connectivity index (χ2v) is 5.97. The Morgan fingerprint density at radius 2 is 1.68 bits per heavy atom. The van der Waals surface area contributed by atoms with Crippen LogP contribution < -0.4 is 0 Å². The van der Waals surface area contributed by atoms with Crippen molar-refractivity contribution in [1.82, 2.24) is 0 Å². The first-order chi connectivity index (χ1) is 9.13. The highest BCUT2D eigenvalue weighted by atomic mass is 79.9. The number of benzene rings is 2. The van der Waals surface area contributed by atoms with Crippen molar-refractivity contribution in [2.45, 2.75) is 23.1 Å². The zero-order chi connectivity index (χ0) is 13.5. The van der Waals surface area contributed by atoms with Crippen LogP contribution in [0.5, 0.6) is 0 Å². The van der Waals surface area contributed by atoms with Gasteiger partial charge in [0.1, 0.15) is 11.6 Å². The number of hydrogen-bond donors (Lipinski definition) is 0. The van der Waals surface area contributed by atoms with Gasteiger partial charge in [-0.3, -0.25) is 0 Å². The average Bonchev–Trinajstić information content (AvgIpc) is 3.23. The molecule has 98 valence electrons. The van der Waals surface area contributed by atoms with E-state index in [-0.39, 0.29) is 16.1 Å². The van der Waals surface area contributed by atoms with Crippen LogP contribution in [0.15, 0.2) is 48.5 Å². The van der Waals surface area contributed by atoms with Gasteiger partial charge in [0.15, 0.2) is 0 Å². The summed E-state index contributed by atoms with van der Waals surface area (Å²) < 4.78 is 27.2. The van der Waals surface area contributed by atoms with Crippen LogP contribution in [0.2, 0.25) is 0 Å². The van der Waals surface area contributed by atoms with Gasteiger partial charge in [-0.1, -0.05) is 46.3 Å². The normalized spacial score (nSPS) is 18.1. The third kappa shape index (κ3) is 2.20. The van der Waals surface area contributed by atoms with Gasteiger partial charge in [-0.25, -0.2) is 8.78 Å². The summed E-state index contributed by atoms with van der Waals surface area (Å²) in [6.45, 7) is 0. The van der Waals surface area contributed by atoms with Gasteiger partial charge in [-0.05, 0) is 36.6 Å². The maximum Gasteiger partial charge on any atom is 0.127 e. The highest BCUT2D eigenvalue weighted by Gasteiger charge is 2.50. The van der Waals surface area contributed by atoms with Crippen LogP contribution >= 0.6 is 15.9 Å². The van der Waals surface area contributed by atoms with Gasteiger partial charge < -0.3 is 0 Å². The Bertz CT molecular complexity index is 591. The van der Waals surface area contributed by atoms with E-state index in [0.29, 0.717) is 5.56 Å². The van der Waals surface area contributed by atoms with Crippen molar-refractivity contribution in [3.8, 4) is 0 Å². The summed E-state index contributed by atoms with van der Waals surface area (Å²) in [5.74, 6) is -0.754. The molecule has 1 unspecified atom stereocenters. The molecule has 1 aliphatic carbocycles. The van der Waals surface area contributed by atoms with Gasteiger partial charge >= 0.3 is 0 Å².